The number of ether oxygens (including phenoxy) is 1. The molecule has 1 saturated heterocycles. The second kappa shape index (κ2) is 7.13. The number of nitrogens with zero attached hydrogens (tertiary/aromatic N) is 3. The molecule has 2 fully saturated rings. The van der Waals surface area contributed by atoms with Gasteiger partial charge in [-0.05, 0) is 43.4 Å². The van der Waals surface area contributed by atoms with E-state index in [0.717, 1.165) is 69.5 Å². The van der Waals surface area contributed by atoms with E-state index in [1.54, 1.807) is 12.4 Å². The summed E-state index contributed by atoms with van der Waals surface area (Å²) in [5, 5.41) is 0. The van der Waals surface area contributed by atoms with Crippen molar-refractivity contribution in [1.82, 2.24) is 19.8 Å². The first-order valence-electron chi connectivity index (χ1n) is 10.5. The van der Waals surface area contributed by atoms with Crippen molar-refractivity contribution in [2.24, 2.45) is 5.92 Å². The molecule has 0 bridgehead atoms. The lowest BCUT2D eigenvalue weighted by Crippen LogP contribution is -2.58. The van der Waals surface area contributed by atoms with Crippen molar-refractivity contribution in [3.63, 3.8) is 0 Å². The minimum absolute atomic E-state index is 0.220. The van der Waals surface area contributed by atoms with E-state index < -0.39 is 0 Å². The van der Waals surface area contributed by atoms with Crippen LogP contribution in [0.3, 0.4) is 0 Å². The van der Waals surface area contributed by atoms with Crippen molar-refractivity contribution >= 4 is 5.91 Å². The summed E-state index contributed by atoms with van der Waals surface area (Å²) in [5.41, 5.74) is 3.00. The van der Waals surface area contributed by atoms with Gasteiger partial charge in [-0.2, -0.15) is 0 Å². The number of hydrogen-bond donors (Lipinski definition) is 1. The highest BCUT2D eigenvalue weighted by Gasteiger charge is 2.50. The zero-order valence-electron chi connectivity index (χ0n) is 16.8. The van der Waals surface area contributed by atoms with Gasteiger partial charge >= 0.3 is 0 Å². The van der Waals surface area contributed by atoms with Gasteiger partial charge in [-0.3, -0.25) is 9.69 Å². The first-order chi connectivity index (χ1) is 14.1. The van der Waals surface area contributed by atoms with Crippen molar-refractivity contribution in [3.8, 4) is 5.75 Å². The Hall–Kier alpha value is -2.41. The molecule has 29 heavy (non-hydrogen) atoms. The topological polar surface area (TPSA) is 61.5 Å². The van der Waals surface area contributed by atoms with E-state index in [-0.39, 0.29) is 23.0 Å². The molecule has 1 aromatic heterocycles. The molecule has 2 aromatic rings. The summed E-state index contributed by atoms with van der Waals surface area (Å²) in [4.78, 5) is 25.5. The number of halogens is 1. The molecule has 0 atom stereocenters. The number of aromatic amines is 1. The number of aromatic nitrogens is 2. The number of benzene rings is 1. The molecule has 0 unspecified atom stereocenters. The third-order valence-corrected chi connectivity index (χ3v) is 6.76. The average molecular weight is 398 g/mol. The van der Waals surface area contributed by atoms with E-state index in [0.29, 0.717) is 5.91 Å². The maximum atomic E-state index is 13.7. The van der Waals surface area contributed by atoms with E-state index >= 15 is 0 Å². The van der Waals surface area contributed by atoms with Crippen LogP contribution in [0.15, 0.2) is 24.5 Å². The zero-order valence-corrected chi connectivity index (χ0v) is 16.8. The molecule has 0 radical (unpaired) electrons. The minimum atomic E-state index is -0.337. The Morgan fingerprint density at radius 3 is 2.83 bits per heavy atom. The molecule has 6 nitrogen and oxygen atoms in total. The van der Waals surface area contributed by atoms with Crippen molar-refractivity contribution in [3.05, 3.63) is 47.3 Å². The first kappa shape index (κ1) is 18.6. The Bertz CT molecular complexity index is 915. The van der Waals surface area contributed by atoms with Crippen LogP contribution < -0.4 is 4.74 Å². The highest BCUT2D eigenvalue weighted by Crippen LogP contribution is 2.45. The van der Waals surface area contributed by atoms with Crippen LogP contribution in [0, 0.1) is 11.7 Å². The molecule has 1 aromatic carbocycles. The number of carbonyl (C=O) groups excluding carboxylic acids is 1. The van der Waals surface area contributed by atoms with E-state index in [4.69, 9.17) is 4.74 Å². The second-order valence-electron chi connectivity index (χ2n) is 8.52. The number of fused-ring (bicyclic) bond motifs is 2. The quantitative estimate of drug-likeness (QED) is 0.860. The van der Waals surface area contributed by atoms with Gasteiger partial charge in [0.2, 0.25) is 5.91 Å². The van der Waals surface area contributed by atoms with Gasteiger partial charge in [0.25, 0.3) is 0 Å². The van der Waals surface area contributed by atoms with Gasteiger partial charge in [-0.25, -0.2) is 9.37 Å². The predicted molar refractivity (Wildman–Crippen MR) is 106 cm³/mol. The number of likely N-dealkylation sites (tertiary alicyclic amines) is 1. The molecule has 3 aliphatic rings. The van der Waals surface area contributed by atoms with Crippen LogP contribution in [0.4, 0.5) is 4.39 Å². The van der Waals surface area contributed by atoms with Gasteiger partial charge in [0.05, 0.1) is 24.7 Å². The fraction of sp³-hybridized carbons (Fsp3) is 0.545. The molecule has 7 heteroatoms. The van der Waals surface area contributed by atoms with Crippen LogP contribution in [0.25, 0.3) is 0 Å². The summed E-state index contributed by atoms with van der Waals surface area (Å²) >= 11 is 0. The maximum absolute atomic E-state index is 13.7. The van der Waals surface area contributed by atoms with Crippen molar-refractivity contribution in [2.45, 2.75) is 44.2 Å². The fourth-order valence-corrected chi connectivity index (χ4v) is 5.00. The van der Waals surface area contributed by atoms with Gasteiger partial charge < -0.3 is 14.6 Å². The summed E-state index contributed by atoms with van der Waals surface area (Å²) in [6, 6.07) is 5.05. The summed E-state index contributed by atoms with van der Waals surface area (Å²) in [6.07, 6.45) is 6.43. The van der Waals surface area contributed by atoms with Crippen LogP contribution in [0.5, 0.6) is 5.75 Å². The monoisotopic (exact) mass is 398 g/mol. The lowest BCUT2D eigenvalue weighted by molar-refractivity contribution is -0.143. The number of hydrogen-bond acceptors (Lipinski definition) is 4. The van der Waals surface area contributed by atoms with E-state index in [1.165, 1.54) is 18.9 Å². The van der Waals surface area contributed by atoms with Crippen LogP contribution in [-0.2, 0) is 23.3 Å². The Morgan fingerprint density at radius 2 is 2.10 bits per heavy atom. The van der Waals surface area contributed by atoms with Crippen molar-refractivity contribution in [1.29, 1.82) is 0 Å². The molecule has 3 heterocycles. The highest BCUT2D eigenvalue weighted by atomic mass is 19.1. The predicted octanol–water partition coefficient (Wildman–Crippen LogP) is 2.84. The maximum Gasteiger partial charge on any atom is 0.226 e. The molecule has 1 N–H and O–H groups in total. The smallest absolute Gasteiger partial charge is 0.226 e. The van der Waals surface area contributed by atoms with Gasteiger partial charge in [0.15, 0.2) is 11.6 Å². The summed E-state index contributed by atoms with van der Waals surface area (Å²) in [6.45, 7) is 3.28. The fourth-order valence-electron chi connectivity index (χ4n) is 5.00. The van der Waals surface area contributed by atoms with Gasteiger partial charge in [0, 0.05) is 44.2 Å². The van der Waals surface area contributed by atoms with Crippen molar-refractivity contribution in [2.75, 3.05) is 26.7 Å². The number of methoxy groups -OCH3 is 1. The Labute approximate surface area is 170 Å². The van der Waals surface area contributed by atoms with Crippen LogP contribution in [-0.4, -0.2) is 52.4 Å². The lowest BCUT2D eigenvalue weighted by atomic mass is 9.78. The number of piperidine rings is 1. The van der Waals surface area contributed by atoms with E-state index in [9.17, 15) is 9.18 Å². The number of nitrogens with one attached hydrogen (secondary N) is 1. The van der Waals surface area contributed by atoms with Crippen LogP contribution in [0.1, 0.15) is 42.6 Å². The Morgan fingerprint density at radius 1 is 1.31 bits per heavy atom. The third-order valence-electron chi connectivity index (χ3n) is 6.76. The normalized spacial score (nSPS) is 21.2. The minimum Gasteiger partial charge on any atom is -0.494 e. The number of amides is 1. The first-order valence-corrected chi connectivity index (χ1v) is 10.5. The van der Waals surface area contributed by atoms with Crippen molar-refractivity contribution < 1.29 is 13.9 Å². The van der Waals surface area contributed by atoms with Gasteiger partial charge in [-0.1, -0.05) is 6.07 Å². The summed E-state index contributed by atoms with van der Waals surface area (Å²) < 4.78 is 18.8. The molecule has 1 aliphatic carbocycles. The van der Waals surface area contributed by atoms with Gasteiger partial charge in [-0.15, -0.1) is 0 Å². The lowest BCUT2D eigenvalue weighted by Gasteiger charge is -2.50. The van der Waals surface area contributed by atoms with Crippen LogP contribution >= 0.6 is 0 Å². The number of rotatable bonds is 4. The molecule has 154 valence electrons. The Balaban J connectivity index is 1.35. The highest BCUT2D eigenvalue weighted by molar-refractivity contribution is 5.82. The van der Waals surface area contributed by atoms with Gasteiger partial charge in [0.1, 0.15) is 0 Å². The zero-order chi connectivity index (χ0) is 20.0. The molecule has 1 amide bonds. The average Bonchev–Trinajstić information content (AvgIpc) is 3.48. The standard InChI is InChI=1S/C22H27FN4O2/c1-29-19-12-15(2-5-17(19)23)13-26-10-7-22(8-11-26)20-18(24-14-25-20)6-9-27(22)21(28)16-3-4-16/h2,5,12,14,16H,3-4,6-11,13H2,1H3,(H,24,25). The molecule has 2 aliphatic heterocycles. The largest absolute Gasteiger partial charge is 0.494 e. The van der Waals surface area contributed by atoms with E-state index in [1.807, 2.05) is 6.07 Å². The van der Waals surface area contributed by atoms with E-state index in [2.05, 4.69) is 19.8 Å². The number of carbonyl (C=O) groups is 1. The summed E-state index contributed by atoms with van der Waals surface area (Å²) in [5.74, 6) is 0.481. The molecular formula is C22H27FN4O2. The molecule has 1 saturated carbocycles. The number of H-pyrrole nitrogens is 1. The molecule has 1 spiro atoms. The number of imidazole rings is 1. The SMILES string of the molecule is COc1cc(CN2CCC3(CC2)c2nc[nH]c2CCN3C(=O)C2CC2)ccc1F. The molecular weight excluding hydrogens is 371 g/mol. The Kier molecular flexibility index (Phi) is 4.57. The van der Waals surface area contributed by atoms with Crippen LogP contribution in [0.2, 0.25) is 0 Å². The summed E-state index contributed by atoms with van der Waals surface area (Å²) in [7, 11) is 1.49. The molecule has 5 rings (SSSR count). The third kappa shape index (κ3) is 3.21. The second-order valence-corrected chi connectivity index (χ2v) is 8.52.